The highest BCUT2D eigenvalue weighted by Crippen LogP contribution is 2.30. The van der Waals surface area contributed by atoms with E-state index in [4.69, 9.17) is 4.74 Å². The van der Waals surface area contributed by atoms with Crippen LogP contribution in [0.1, 0.15) is 28.4 Å². The van der Waals surface area contributed by atoms with Gasteiger partial charge in [0.1, 0.15) is 0 Å². The van der Waals surface area contributed by atoms with Crippen molar-refractivity contribution in [3.05, 3.63) is 53.1 Å². The molecule has 154 valence electrons. The van der Waals surface area contributed by atoms with Crippen molar-refractivity contribution >= 4 is 17.5 Å². The first kappa shape index (κ1) is 20.6. The topological polar surface area (TPSA) is 67.9 Å². The van der Waals surface area contributed by atoms with Gasteiger partial charge in [-0.3, -0.25) is 9.59 Å². The van der Waals surface area contributed by atoms with E-state index in [9.17, 15) is 18.4 Å². The Balaban J connectivity index is 1.60. The Labute approximate surface area is 167 Å². The van der Waals surface area contributed by atoms with Crippen LogP contribution in [0.5, 0.6) is 11.5 Å². The van der Waals surface area contributed by atoms with Gasteiger partial charge in [0.2, 0.25) is 5.91 Å². The summed E-state index contributed by atoms with van der Waals surface area (Å²) in [6.07, 6.45) is 1.16. The van der Waals surface area contributed by atoms with Gasteiger partial charge in [-0.15, -0.1) is 0 Å². The molecule has 0 saturated heterocycles. The van der Waals surface area contributed by atoms with Crippen LogP contribution in [-0.2, 0) is 17.6 Å². The second-order valence-corrected chi connectivity index (χ2v) is 6.63. The first-order chi connectivity index (χ1) is 13.9. The number of methoxy groups -OCH3 is 1. The van der Waals surface area contributed by atoms with Crippen LogP contribution in [0, 0.1) is 0 Å². The van der Waals surface area contributed by atoms with Gasteiger partial charge in [-0.05, 0) is 54.3 Å². The van der Waals surface area contributed by atoms with E-state index in [2.05, 4.69) is 10.1 Å². The maximum atomic E-state index is 12.5. The summed E-state index contributed by atoms with van der Waals surface area (Å²) in [7, 11) is 1.37. The molecule has 0 radical (unpaired) electrons. The lowest BCUT2D eigenvalue weighted by molar-refractivity contribution is -0.116. The summed E-state index contributed by atoms with van der Waals surface area (Å²) in [5.74, 6) is -0.0712. The van der Waals surface area contributed by atoms with Crippen LogP contribution in [0.3, 0.4) is 0 Å². The van der Waals surface area contributed by atoms with Crippen LogP contribution in [0.4, 0.5) is 14.5 Å². The van der Waals surface area contributed by atoms with Gasteiger partial charge in [0.05, 0.1) is 7.11 Å². The number of alkyl halides is 2. The molecule has 0 atom stereocenters. The minimum atomic E-state index is -2.95. The van der Waals surface area contributed by atoms with Crippen LogP contribution >= 0.6 is 0 Å². The summed E-state index contributed by atoms with van der Waals surface area (Å²) in [6.45, 7) is -0.476. The number of hydrogen-bond acceptors (Lipinski definition) is 4. The highest BCUT2D eigenvalue weighted by molar-refractivity contribution is 5.97. The number of anilines is 1. The van der Waals surface area contributed by atoms with E-state index >= 15 is 0 Å². The predicted octanol–water partition coefficient (Wildman–Crippen LogP) is 3.18. The fraction of sp³-hybridized carbons (Fsp3) is 0.333. The third-order valence-corrected chi connectivity index (χ3v) is 4.76. The van der Waals surface area contributed by atoms with Crippen molar-refractivity contribution in [1.82, 2.24) is 5.32 Å². The molecule has 3 rings (SSSR count). The zero-order valence-electron chi connectivity index (χ0n) is 16.2. The lowest BCUT2D eigenvalue weighted by Crippen LogP contribution is -2.26. The Morgan fingerprint density at radius 1 is 1.17 bits per heavy atom. The number of benzene rings is 2. The number of fused-ring (bicyclic) bond motifs is 1. The van der Waals surface area contributed by atoms with Gasteiger partial charge in [-0.25, -0.2) is 0 Å². The minimum Gasteiger partial charge on any atom is -0.493 e. The Hall–Kier alpha value is -3.16. The quantitative estimate of drug-likeness (QED) is 0.770. The van der Waals surface area contributed by atoms with E-state index in [0.717, 1.165) is 23.2 Å². The van der Waals surface area contributed by atoms with E-state index < -0.39 is 6.61 Å². The Bertz CT molecular complexity index is 918. The summed E-state index contributed by atoms with van der Waals surface area (Å²) in [6, 6.07) is 10.0. The van der Waals surface area contributed by atoms with Gasteiger partial charge in [-0.2, -0.15) is 8.78 Å². The van der Waals surface area contributed by atoms with Crippen molar-refractivity contribution in [1.29, 1.82) is 0 Å². The number of nitrogens with one attached hydrogen (secondary N) is 1. The Morgan fingerprint density at radius 3 is 2.66 bits per heavy atom. The van der Waals surface area contributed by atoms with Crippen LogP contribution < -0.4 is 19.7 Å². The number of hydrogen-bond donors (Lipinski definition) is 1. The number of rotatable bonds is 7. The van der Waals surface area contributed by atoms with Crippen LogP contribution in [0.2, 0.25) is 0 Å². The zero-order valence-corrected chi connectivity index (χ0v) is 16.2. The van der Waals surface area contributed by atoms with Gasteiger partial charge in [0, 0.05) is 31.3 Å². The standard InChI is InChI=1S/C21H22F2N2O4/c1-13(26)25-10-8-15-12-16(4-5-17(15)25)20(27)24-9-7-14-3-6-18(28-2)19(11-14)29-21(22)23/h3-6,11-12,21H,7-10H2,1-2H3,(H,24,27). The van der Waals surface area contributed by atoms with Gasteiger partial charge in [0.15, 0.2) is 11.5 Å². The van der Waals surface area contributed by atoms with Gasteiger partial charge in [0.25, 0.3) is 5.91 Å². The maximum Gasteiger partial charge on any atom is 0.387 e. The monoisotopic (exact) mass is 404 g/mol. The molecule has 2 amide bonds. The van der Waals surface area contributed by atoms with Crippen molar-refractivity contribution in [2.75, 3.05) is 25.1 Å². The first-order valence-corrected chi connectivity index (χ1v) is 9.20. The van der Waals surface area contributed by atoms with Gasteiger partial charge in [-0.1, -0.05) is 6.07 Å². The molecule has 1 N–H and O–H groups in total. The molecular formula is C21H22F2N2O4. The summed E-state index contributed by atoms with van der Waals surface area (Å²) in [5, 5.41) is 2.82. The van der Waals surface area contributed by atoms with Crippen molar-refractivity contribution < 1.29 is 27.8 Å². The Kier molecular flexibility index (Phi) is 6.31. The van der Waals surface area contributed by atoms with E-state index in [0.29, 0.717) is 25.1 Å². The van der Waals surface area contributed by atoms with E-state index in [1.807, 2.05) is 0 Å². The normalized spacial score (nSPS) is 12.7. The molecule has 29 heavy (non-hydrogen) atoms. The third-order valence-electron chi connectivity index (χ3n) is 4.76. The summed E-state index contributed by atoms with van der Waals surface area (Å²) >= 11 is 0. The lowest BCUT2D eigenvalue weighted by Gasteiger charge is -2.15. The highest BCUT2D eigenvalue weighted by Gasteiger charge is 2.23. The van der Waals surface area contributed by atoms with E-state index in [-0.39, 0.29) is 23.3 Å². The number of carbonyl (C=O) groups is 2. The summed E-state index contributed by atoms with van der Waals surface area (Å²) in [4.78, 5) is 25.7. The SMILES string of the molecule is COc1ccc(CCNC(=O)c2ccc3c(c2)CCN3C(C)=O)cc1OC(F)F. The van der Waals surface area contributed by atoms with Crippen molar-refractivity contribution in [2.24, 2.45) is 0 Å². The van der Waals surface area contributed by atoms with Crippen molar-refractivity contribution in [2.45, 2.75) is 26.4 Å². The molecular weight excluding hydrogens is 382 g/mol. The second-order valence-electron chi connectivity index (χ2n) is 6.63. The molecule has 2 aromatic rings. The van der Waals surface area contributed by atoms with Gasteiger partial charge < -0.3 is 19.7 Å². The average Bonchev–Trinajstić information content (AvgIpc) is 3.11. The third kappa shape index (κ3) is 4.82. The molecule has 0 spiro atoms. The van der Waals surface area contributed by atoms with E-state index in [1.165, 1.54) is 20.1 Å². The summed E-state index contributed by atoms with van der Waals surface area (Å²) in [5.41, 5.74) is 3.06. The predicted molar refractivity (Wildman–Crippen MR) is 104 cm³/mol. The lowest BCUT2D eigenvalue weighted by atomic mass is 10.1. The van der Waals surface area contributed by atoms with Crippen molar-refractivity contribution in [3.63, 3.8) is 0 Å². The summed E-state index contributed by atoms with van der Waals surface area (Å²) < 4.78 is 34.5. The second kappa shape index (κ2) is 8.89. The molecule has 6 nitrogen and oxygen atoms in total. The zero-order chi connectivity index (χ0) is 21.0. The fourth-order valence-electron chi connectivity index (χ4n) is 3.36. The average molecular weight is 404 g/mol. The highest BCUT2D eigenvalue weighted by atomic mass is 19.3. The maximum absolute atomic E-state index is 12.5. The molecule has 0 aliphatic carbocycles. The first-order valence-electron chi connectivity index (χ1n) is 9.20. The number of ether oxygens (including phenoxy) is 2. The molecule has 1 aliphatic rings. The number of amides is 2. The molecule has 1 heterocycles. The number of carbonyl (C=O) groups excluding carboxylic acids is 2. The minimum absolute atomic E-state index is 0.0179. The largest absolute Gasteiger partial charge is 0.493 e. The van der Waals surface area contributed by atoms with Crippen LogP contribution in [-0.4, -0.2) is 38.6 Å². The molecule has 1 aliphatic heterocycles. The van der Waals surface area contributed by atoms with Gasteiger partial charge >= 0.3 is 6.61 Å². The van der Waals surface area contributed by atoms with Crippen LogP contribution in [0.15, 0.2) is 36.4 Å². The fourth-order valence-corrected chi connectivity index (χ4v) is 3.36. The molecule has 0 saturated carbocycles. The Morgan fingerprint density at radius 2 is 1.97 bits per heavy atom. The molecule has 0 unspecified atom stereocenters. The molecule has 0 bridgehead atoms. The smallest absolute Gasteiger partial charge is 0.387 e. The van der Waals surface area contributed by atoms with Crippen molar-refractivity contribution in [3.8, 4) is 11.5 Å². The number of halogens is 2. The van der Waals surface area contributed by atoms with Crippen LogP contribution in [0.25, 0.3) is 0 Å². The molecule has 0 aromatic heterocycles. The van der Waals surface area contributed by atoms with E-state index in [1.54, 1.807) is 35.2 Å². The molecule has 0 fully saturated rings. The number of nitrogens with zero attached hydrogens (tertiary/aromatic N) is 1. The molecule has 2 aromatic carbocycles. The molecule has 8 heteroatoms.